The largest absolute Gasteiger partial charge is 0.293 e. The van der Waals surface area contributed by atoms with Crippen molar-refractivity contribution in [3.8, 4) is 11.4 Å². The van der Waals surface area contributed by atoms with E-state index in [-0.39, 0.29) is 5.78 Å². The summed E-state index contributed by atoms with van der Waals surface area (Å²) in [4.78, 5) is 20.4. The van der Waals surface area contributed by atoms with Crippen molar-refractivity contribution in [3.63, 3.8) is 0 Å². The monoisotopic (exact) mass is 324 g/mol. The molecule has 2 heterocycles. The molecule has 2 aromatic heterocycles. The van der Waals surface area contributed by atoms with E-state index in [1.165, 1.54) is 17.3 Å². The van der Waals surface area contributed by atoms with Gasteiger partial charge in [0.1, 0.15) is 0 Å². The highest BCUT2D eigenvalue weighted by molar-refractivity contribution is 7.99. The molecule has 0 spiro atoms. The summed E-state index contributed by atoms with van der Waals surface area (Å²) in [6, 6.07) is 11.6. The van der Waals surface area contributed by atoms with E-state index in [0.29, 0.717) is 22.3 Å². The molecule has 0 aliphatic rings. The van der Waals surface area contributed by atoms with E-state index in [1.807, 2.05) is 12.1 Å². The number of carbonyl (C=O) groups is 1. The summed E-state index contributed by atoms with van der Waals surface area (Å²) in [7, 11) is 0. The molecule has 0 saturated carbocycles. The van der Waals surface area contributed by atoms with Crippen molar-refractivity contribution in [2.24, 2.45) is 0 Å². The molecule has 0 radical (unpaired) electrons. The second kappa shape index (κ2) is 7.19. The summed E-state index contributed by atoms with van der Waals surface area (Å²) < 4.78 is 0. The van der Waals surface area contributed by atoms with Gasteiger partial charge in [-0.2, -0.15) is 0 Å². The molecule has 23 heavy (non-hydrogen) atoms. The highest BCUT2D eigenvalue weighted by Gasteiger charge is 2.10. The Morgan fingerprint density at radius 1 is 1.13 bits per heavy atom. The molecule has 1 aromatic carbocycles. The number of pyridine rings is 1. The Balaban J connectivity index is 1.64. The molecule has 0 bridgehead atoms. The maximum atomic E-state index is 12.1. The van der Waals surface area contributed by atoms with Gasteiger partial charge in [0.25, 0.3) is 0 Å². The van der Waals surface area contributed by atoms with E-state index in [1.54, 1.807) is 24.5 Å². The summed E-state index contributed by atoms with van der Waals surface area (Å²) in [5.41, 5.74) is 2.92. The number of nitrogens with one attached hydrogen (secondary N) is 1. The van der Waals surface area contributed by atoms with Crippen LogP contribution in [0.4, 0.5) is 0 Å². The normalized spacial score (nSPS) is 10.7. The van der Waals surface area contributed by atoms with Crippen molar-refractivity contribution < 1.29 is 4.79 Å². The van der Waals surface area contributed by atoms with Crippen LogP contribution in [-0.2, 0) is 6.42 Å². The Hall–Kier alpha value is -2.47. The standard InChI is InChI=1S/C17H16N4OS/c1-2-12-3-5-14(6-4-12)16-19-17(21-20-16)23-11-15(22)13-7-9-18-10-8-13/h3-10H,2,11H2,1H3,(H,19,20,21). The summed E-state index contributed by atoms with van der Waals surface area (Å²) in [6.07, 6.45) is 4.24. The smallest absolute Gasteiger partial charge is 0.209 e. The fourth-order valence-electron chi connectivity index (χ4n) is 2.09. The number of rotatable bonds is 6. The third kappa shape index (κ3) is 3.84. The van der Waals surface area contributed by atoms with Crippen LogP contribution in [0, 0.1) is 0 Å². The molecule has 5 nitrogen and oxygen atoms in total. The Bertz CT molecular complexity index is 784. The van der Waals surface area contributed by atoms with E-state index >= 15 is 0 Å². The Morgan fingerprint density at radius 2 is 1.87 bits per heavy atom. The van der Waals surface area contributed by atoms with Gasteiger partial charge < -0.3 is 0 Å². The van der Waals surface area contributed by atoms with Gasteiger partial charge in [-0.15, -0.1) is 5.10 Å². The minimum atomic E-state index is 0.0380. The number of H-pyrrole nitrogens is 1. The number of hydrogen-bond donors (Lipinski definition) is 1. The SMILES string of the molecule is CCc1ccc(-c2nc(SCC(=O)c3ccncc3)n[nH]2)cc1. The van der Waals surface area contributed by atoms with Crippen LogP contribution in [0.15, 0.2) is 53.9 Å². The van der Waals surface area contributed by atoms with Crippen LogP contribution < -0.4 is 0 Å². The average Bonchev–Trinajstić information content (AvgIpc) is 3.09. The number of hydrogen-bond acceptors (Lipinski definition) is 5. The molecule has 0 amide bonds. The molecule has 0 fully saturated rings. The van der Waals surface area contributed by atoms with Crippen LogP contribution in [0.1, 0.15) is 22.8 Å². The lowest BCUT2D eigenvalue weighted by Gasteiger charge is -1.99. The van der Waals surface area contributed by atoms with Gasteiger partial charge in [-0.25, -0.2) is 4.98 Å². The Labute approximate surface area is 138 Å². The minimum absolute atomic E-state index is 0.0380. The van der Waals surface area contributed by atoms with Crippen molar-refractivity contribution in [1.29, 1.82) is 0 Å². The number of ketones is 1. The van der Waals surface area contributed by atoms with Crippen molar-refractivity contribution in [1.82, 2.24) is 20.2 Å². The number of benzene rings is 1. The van der Waals surface area contributed by atoms with E-state index in [9.17, 15) is 4.79 Å². The fraction of sp³-hybridized carbons (Fsp3) is 0.176. The van der Waals surface area contributed by atoms with Crippen molar-refractivity contribution in [3.05, 3.63) is 59.9 Å². The van der Waals surface area contributed by atoms with Crippen molar-refractivity contribution in [2.45, 2.75) is 18.5 Å². The molecule has 6 heteroatoms. The molecule has 1 N–H and O–H groups in total. The first-order chi connectivity index (χ1) is 11.3. The van der Waals surface area contributed by atoms with Crippen LogP contribution in [-0.4, -0.2) is 31.7 Å². The number of Topliss-reactive ketones (excluding diaryl/α,β-unsaturated/α-hetero) is 1. The predicted octanol–water partition coefficient (Wildman–Crippen LogP) is 3.40. The molecule has 0 aliphatic carbocycles. The zero-order valence-electron chi connectivity index (χ0n) is 12.7. The molecular weight excluding hydrogens is 308 g/mol. The fourth-order valence-corrected chi connectivity index (χ4v) is 2.78. The lowest BCUT2D eigenvalue weighted by molar-refractivity contribution is 0.102. The topological polar surface area (TPSA) is 71.5 Å². The lowest BCUT2D eigenvalue weighted by Crippen LogP contribution is -2.02. The number of thioether (sulfide) groups is 1. The highest BCUT2D eigenvalue weighted by Crippen LogP contribution is 2.20. The Morgan fingerprint density at radius 3 is 2.57 bits per heavy atom. The maximum Gasteiger partial charge on any atom is 0.209 e. The average molecular weight is 324 g/mol. The van der Waals surface area contributed by atoms with Gasteiger partial charge in [-0.3, -0.25) is 14.9 Å². The number of nitrogens with zero attached hydrogens (tertiary/aromatic N) is 3. The third-order valence-corrected chi connectivity index (χ3v) is 4.28. The van der Waals surface area contributed by atoms with Crippen LogP contribution in [0.2, 0.25) is 0 Å². The molecule has 0 atom stereocenters. The number of aromatic amines is 1. The van der Waals surface area contributed by atoms with Gasteiger partial charge in [-0.1, -0.05) is 43.0 Å². The van der Waals surface area contributed by atoms with Gasteiger partial charge in [0.15, 0.2) is 11.6 Å². The van der Waals surface area contributed by atoms with Gasteiger partial charge >= 0.3 is 0 Å². The number of carbonyl (C=O) groups excluding carboxylic acids is 1. The molecule has 0 unspecified atom stereocenters. The first-order valence-corrected chi connectivity index (χ1v) is 8.32. The van der Waals surface area contributed by atoms with Crippen LogP contribution in [0.5, 0.6) is 0 Å². The summed E-state index contributed by atoms with van der Waals surface area (Å²) in [6.45, 7) is 2.12. The van der Waals surface area contributed by atoms with Gasteiger partial charge in [0.2, 0.25) is 5.16 Å². The van der Waals surface area contributed by atoms with Crippen LogP contribution in [0.25, 0.3) is 11.4 Å². The molecular formula is C17H16N4OS. The summed E-state index contributed by atoms with van der Waals surface area (Å²) in [5.74, 6) is 1.05. The zero-order valence-corrected chi connectivity index (χ0v) is 13.5. The quantitative estimate of drug-likeness (QED) is 0.556. The lowest BCUT2D eigenvalue weighted by atomic mass is 10.1. The number of aromatic nitrogens is 4. The van der Waals surface area contributed by atoms with Crippen LogP contribution >= 0.6 is 11.8 Å². The third-order valence-electron chi connectivity index (χ3n) is 3.44. The second-order valence-corrected chi connectivity index (χ2v) is 5.91. The maximum absolute atomic E-state index is 12.1. The minimum Gasteiger partial charge on any atom is -0.293 e. The van der Waals surface area contributed by atoms with Crippen LogP contribution in [0.3, 0.4) is 0 Å². The first kappa shape index (κ1) is 15.4. The van der Waals surface area contributed by atoms with Gasteiger partial charge in [-0.05, 0) is 24.1 Å². The molecule has 3 rings (SSSR count). The first-order valence-electron chi connectivity index (χ1n) is 7.34. The Kier molecular flexibility index (Phi) is 4.83. The summed E-state index contributed by atoms with van der Waals surface area (Å²) in [5, 5.41) is 7.65. The number of aryl methyl sites for hydroxylation is 1. The highest BCUT2D eigenvalue weighted by atomic mass is 32.2. The van der Waals surface area contributed by atoms with Crippen molar-refractivity contribution in [2.75, 3.05) is 5.75 Å². The van der Waals surface area contributed by atoms with Gasteiger partial charge in [0, 0.05) is 23.5 Å². The molecule has 0 saturated heterocycles. The zero-order chi connectivity index (χ0) is 16.1. The summed E-state index contributed by atoms with van der Waals surface area (Å²) >= 11 is 1.32. The van der Waals surface area contributed by atoms with E-state index in [0.717, 1.165) is 12.0 Å². The van der Waals surface area contributed by atoms with E-state index in [2.05, 4.69) is 39.2 Å². The van der Waals surface area contributed by atoms with E-state index in [4.69, 9.17) is 0 Å². The second-order valence-electron chi connectivity index (χ2n) is 4.96. The van der Waals surface area contributed by atoms with Crippen molar-refractivity contribution >= 4 is 17.5 Å². The molecule has 0 aliphatic heterocycles. The van der Waals surface area contributed by atoms with Gasteiger partial charge in [0.05, 0.1) is 5.75 Å². The predicted molar refractivity (Wildman–Crippen MR) is 90.5 cm³/mol. The molecule has 3 aromatic rings. The molecule has 116 valence electrons. The van der Waals surface area contributed by atoms with E-state index < -0.39 is 0 Å².